The smallest absolute Gasteiger partial charge is 0.135 e. The minimum absolute atomic E-state index is 0.198. The Morgan fingerprint density at radius 3 is 2.16 bits per heavy atom. The summed E-state index contributed by atoms with van der Waals surface area (Å²) in [6.45, 7) is 4.76. The molecular weight excluding hydrogens is 619 g/mol. The highest BCUT2D eigenvalue weighted by molar-refractivity contribution is 6.18. The Kier molecular flexibility index (Phi) is 5.19. The normalized spacial score (nSPS) is 19.2. The highest BCUT2D eigenvalue weighted by atomic mass is 16.3. The van der Waals surface area contributed by atoms with Gasteiger partial charge in [-0.1, -0.05) is 135 Å². The van der Waals surface area contributed by atoms with Crippen LogP contribution in [0.15, 0.2) is 156 Å². The van der Waals surface area contributed by atoms with E-state index in [0.717, 1.165) is 11.2 Å². The number of para-hydroxylation sites is 2. The van der Waals surface area contributed by atoms with Gasteiger partial charge >= 0.3 is 0 Å². The molecule has 2 aromatic heterocycles. The maximum absolute atomic E-state index is 6.40. The van der Waals surface area contributed by atoms with Crippen molar-refractivity contribution < 1.29 is 4.42 Å². The summed E-state index contributed by atoms with van der Waals surface area (Å²) in [5.41, 5.74) is 19.1. The fourth-order valence-electron chi connectivity index (χ4n) is 10.2. The number of hydrogen-bond donors (Lipinski definition) is 0. The van der Waals surface area contributed by atoms with Crippen molar-refractivity contribution in [2.75, 3.05) is 0 Å². The standard InChI is InChI=1S/C49H33NO/c1-49(2)40-26-24-37-33-12-5-7-16-41(33)50(48(37)45(40)39-25-27-43-46(47(39)49)38-13-6-8-17-42(38)51-43)29-20-18-28(19-21-29)30-22-23-36-32-11-4-3-10-31(32)35-15-9-14-34(30)44(35)36/h3-27,34,44H,1-2H3. The molecule has 0 radical (unpaired) electrons. The van der Waals surface area contributed by atoms with E-state index in [-0.39, 0.29) is 5.41 Å². The first-order chi connectivity index (χ1) is 25.1. The van der Waals surface area contributed by atoms with Crippen molar-refractivity contribution in [1.82, 2.24) is 4.57 Å². The molecular formula is C49H33NO. The second-order valence-corrected chi connectivity index (χ2v) is 15.2. The Bertz CT molecular complexity index is 2990. The van der Waals surface area contributed by atoms with E-state index < -0.39 is 0 Å². The van der Waals surface area contributed by atoms with E-state index in [1.165, 1.54) is 93.9 Å². The molecule has 0 N–H and O–H groups in total. The van der Waals surface area contributed by atoms with Crippen molar-refractivity contribution in [3.63, 3.8) is 0 Å². The summed E-state index contributed by atoms with van der Waals surface area (Å²) in [7, 11) is 0. The number of hydrogen-bond acceptors (Lipinski definition) is 1. The fraction of sp³-hybridized carbons (Fsp3) is 0.102. The number of furan rings is 1. The lowest BCUT2D eigenvalue weighted by Crippen LogP contribution is -2.18. The molecule has 0 fully saturated rings. The van der Waals surface area contributed by atoms with Gasteiger partial charge in [0.05, 0.1) is 11.0 Å². The molecule has 51 heavy (non-hydrogen) atoms. The van der Waals surface area contributed by atoms with Crippen LogP contribution >= 0.6 is 0 Å². The second kappa shape index (κ2) is 9.56. The molecule has 2 heteroatoms. The van der Waals surface area contributed by atoms with E-state index in [1.54, 1.807) is 0 Å². The number of benzene rings is 6. The Morgan fingerprint density at radius 1 is 0.588 bits per heavy atom. The zero-order valence-corrected chi connectivity index (χ0v) is 28.4. The van der Waals surface area contributed by atoms with E-state index in [1.807, 2.05) is 0 Å². The molecule has 2 atom stereocenters. The largest absolute Gasteiger partial charge is 0.456 e. The third kappa shape index (κ3) is 3.43. The van der Waals surface area contributed by atoms with E-state index in [9.17, 15) is 0 Å². The summed E-state index contributed by atoms with van der Waals surface area (Å²) in [6, 6.07) is 44.8. The summed E-state index contributed by atoms with van der Waals surface area (Å²) >= 11 is 0. The average Bonchev–Trinajstić information content (AvgIpc) is 3.88. The van der Waals surface area contributed by atoms with Gasteiger partial charge in [0, 0.05) is 50.0 Å². The SMILES string of the molecule is CC1(C)c2ccc3c4ccccc4n(-c4ccc(C5=CC=C6c7ccccc7C7=CC=CC5C76)cc4)c3c2-c2ccc3oc4ccccc4c3c21. The molecule has 0 bridgehead atoms. The van der Waals surface area contributed by atoms with E-state index in [2.05, 4.69) is 170 Å². The predicted molar refractivity (Wildman–Crippen MR) is 212 cm³/mol. The van der Waals surface area contributed by atoms with Crippen molar-refractivity contribution in [2.24, 2.45) is 11.8 Å². The molecule has 0 saturated heterocycles. The van der Waals surface area contributed by atoms with Crippen LogP contribution in [0.2, 0.25) is 0 Å². The van der Waals surface area contributed by atoms with E-state index in [0.29, 0.717) is 11.8 Å². The zero-order chi connectivity index (χ0) is 33.6. The molecule has 2 unspecified atom stereocenters. The molecule has 0 spiro atoms. The Labute approximate surface area is 296 Å². The van der Waals surface area contributed by atoms with Crippen molar-refractivity contribution in [3.05, 3.63) is 180 Å². The lowest BCUT2D eigenvalue weighted by Gasteiger charge is -2.31. The summed E-state index contributed by atoms with van der Waals surface area (Å²) < 4.78 is 8.92. The van der Waals surface area contributed by atoms with Gasteiger partial charge in [0.2, 0.25) is 0 Å². The molecule has 4 aliphatic rings. The van der Waals surface area contributed by atoms with Gasteiger partial charge in [-0.05, 0) is 80.4 Å². The van der Waals surface area contributed by atoms with Crippen molar-refractivity contribution in [3.8, 4) is 16.8 Å². The van der Waals surface area contributed by atoms with Gasteiger partial charge in [0.25, 0.3) is 0 Å². The predicted octanol–water partition coefficient (Wildman–Crippen LogP) is 12.7. The summed E-state index contributed by atoms with van der Waals surface area (Å²) in [5, 5.41) is 4.99. The topological polar surface area (TPSA) is 18.1 Å². The fourth-order valence-corrected chi connectivity index (χ4v) is 10.2. The lowest BCUT2D eigenvalue weighted by molar-refractivity contribution is 0.657. The van der Waals surface area contributed by atoms with Crippen LogP contribution in [0.5, 0.6) is 0 Å². The number of nitrogens with zero attached hydrogens (tertiary/aromatic N) is 1. The molecule has 0 aliphatic heterocycles. The van der Waals surface area contributed by atoms with Gasteiger partial charge in [0.15, 0.2) is 0 Å². The molecule has 2 nitrogen and oxygen atoms in total. The van der Waals surface area contributed by atoms with Crippen LogP contribution in [0.3, 0.4) is 0 Å². The Hall–Kier alpha value is -6.12. The van der Waals surface area contributed by atoms with Crippen LogP contribution in [-0.4, -0.2) is 4.57 Å². The van der Waals surface area contributed by atoms with Crippen LogP contribution in [0.4, 0.5) is 0 Å². The maximum atomic E-state index is 6.40. The van der Waals surface area contributed by atoms with Gasteiger partial charge in [-0.3, -0.25) is 0 Å². The lowest BCUT2D eigenvalue weighted by atomic mass is 9.72. The molecule has 0 saturated carbocycles. The van der Waals surface area contributed by atoms with Gasteiger partial charge in [-0.2, -0.15) is 0 Å². The third-order valence-corrected chi connectivity index (χ3v) is 12.4. The van der Waals surface area contributed by atoms with Crippen molar-refractivity contribution in [2.45, 2.75) is 19.3 Å². The van der Waals surface area contributed by atoms with E-state index >= 15 is 0 Å². The van der Waals surface area contributed by atoms with Crippen molar-refractivity contribution in [1.29, 1.82) is 0 Å². The number of fused-ring (bicyclic) bond motifs is 14. The average molecular weight is 652 g/mol. The second-order valence-electron chi connectivity index (χ2n) is 15.2. The highest BCUT2D eigenvalue weighted by Gasteiger charge is 2.42. The minimum atomic E-state index is -0.198. The van der Waals surface area contributed by atoms with Crippen molar-refractivity contribution >= 4 is 60.5 Å². The van der Waals surface area contributed by atoms with Crippen LogP contribution in [0.1, 0.15) is 41.7 Å². The molecule has 2 heterocycles. The van der Waals surface area contributed by atoms with Gasteiger partial charge in [0.1, 0.15) is 11.2 Å². The summed E-state index contributed by atoms with van der Waals surface area (Å²) in [5.74, 6) is 0.712. The van der Waals surface area contributed by atoms with Crippen LogP contribution in [0.25, 0.3) is 77.3 Å². The highest BCUT2D eigenvalue weighted by Crippen LogP contribution is 2.57. The number of aromatic nitrogens is 1. The summed E-state index contributed by atoms with van der Waals surface area (Å²) in [4.78, 5) is 0. The molecule has 240 valence electrons. The molecule has 12 rings (SSSR count). The quantitative estimate of drug-likeness (QED) is 0.182. The number of allylic oxidation sites excluding steroid dienone is 8. The van der Waals surface area contributed by atoms with Crippen LogP contribution < -0.4 is 0 Å². The van der Waals surface area contributed by atoms with Gasteiger partial charge in [-0.15, -0.1) is 0 Å². The zero-order valence-electron chi connectivity index (χ0n) is 28.4. The Morgan fingerprint density at radius 2 is 1.31 bits per heavy atom. The number of rotatable bonds is 2. The first kappa shape index (κ1) is 27.7. The third-order valence-electron chi connectivity index (χ3n) is 12.4. The molecule has 8 aromatic rings. The monoisotopic (exact) mass is 651 g/mol. The molecule has 4 aliphatic carbocycles. The first-order valence-electron chi connectivity index (χ1n) is 18.1. The van der Waals surface area contributed by atoms with Gasteiger partial charge < -0.3 is 8.98 Å². The van der Waals surface area contributed by atoms with Crippen LogP contribution in [-0.2, 0) is 5.41 Å². The Balaban J connectivity index is 1.06. The van der Waals surface area contributed by atoms with Crippen LogP contribution in [0, 0.1) is 11.8 Å². The van der Waals surface area contributed by atoms with E-state index in [4.69, 9.17) is 4.42 Å². The molecule has 0 amide bonds. The maximum Gasteiger partial charge on any atom is 0.135 e. The molecule has 6 aromatic carbocycles. The van der Waals surface area contributed by atoms with Gasteiger partial charge in [-0.25, -0.2) is 0 Å². The minimum Gasteiger partial charge on any atom is -0.456 e. The summed E-state index contributed by atoms with van der Waals surface area (Å²) in [6.07, 6.45) is 11.7. The first-order valence-corrected chi connectivity index (χ1v) is 18.1.